The average molecular weight is 217 g/mol. The Morgan fingerprint density at radius 3 is 2.53 bits per heavy atom. The van der Waals surface area contributed by atoms with Crippen molar-refractivity contribution in [3.63, 3.8) is 0 Å². The van der Waals surface area contributed by atoms with Crippen molar-refractivity contribution in [1.82, 2.24) is 15.5 Å². The van der Waals surface area contributed by atoms with Crippen molar-refractivity contribution >= 4 is 6.03 Å². The Bertz CT molecular complexity index is 174. The van der Waals surface area contributed by atoms with Gasteiger partial charge >= 0.3 is 6.03 Å². The Labute approximate surface area is 92.2 Å². The third-order valence-corrected chi connectivity index (χ3v) is 2.07. The van der Waals surface area contributed by atoms with Crippen LogP contribution in [0.1, 0.15) is 13.8 Å². The van der Waals surface area contributed by atoms with Crippen molar-refractivity contribution in [3.05, 3.63) is 0 Å². The summed E-state index contributed by atoms with van der Waals surface area (Å²) in [6, 6.07) is 0.179. The number of carbonyl (C=O) groups is 1. The molecule has 0 spiro atoms. The molecule has 90 valence electrons. The Kier molecular flexibility index (Phi) is 8.04. The standard InChI is InChI=1S/C10H23N3O2/c1-9(2)13(7-5-11-3)10(14)12-6-8-15-4/h9,11H,5-8H2,1-4H3,(H,12,14). The van der Waals surface area contributed by atoms with Crippen LogP contribution < -0.4 is 10.6 Å². The highest BCUT2D eigenvalue weighted by atomic mass is 16.5. The number of carbonyl (C=O) groups excluding carboxylic acids is 1. The van der Waals surface area contributed by atoms with Gasteiger partial charge in [0.05, 0.1) is 6.61 Å². The molecular weight excluding hydrogens is 194 g/mol. The second kappa shape index (κ2) is 8.49. The number of nitrogens with zero attached hydrogens (tertiary/aromatic N) is 1. The predicted molar refractivity (Wildman–Crippen MR) is 61.0 cm³/mol. The molecular formula is C10H23N3O2. The van der Waals surface area contributed by atoms with Crippen LogP contribution in [0, 0.1) is 0 Å². The molecule has 0 aromatic carbocycles. The van der Waals surface area contributed by atoms with Crippen LogP contribution in [0.3, 0.4) is 0 Å². The van der Waals surface area contributed by atoms with Crippen molar-refractivity contribution in [1.29, 1.82) is 0 Å². The molecule has 2 N–H and O–H groups in total. The third-order valence-electron chi connectivity index (χ3n) is 2.07. The molecule has 0 saturated carbocycles. The lowest BCUT2D eigenvalue weighted by molar-refractivity contribution is 0.170. The molecule has 15 heavy (non-hydrogen) atoms. The lowest BCUT2D eigenvalue weighted by Crippen LogP contribution is -2.47. The molecule has 0 atom stereocenters. The summed E-state index contributed by atoms with van der Waals surface area (Å²) in [6.45, 7) is 6.63. The lowest BCUT2D eigenvalue weighted by Gasteiger charge is -2.26. The molecule has 0 aliphatic rings. The fourth-order valence-corrected chi connectivity index (χ4v) is 1.19. The van der Waals surface area contributed by atoms with Crippen molar-refractivity contribution in [2.24, 2.45) is 0 Å². The van der Waals surface area contributed by atoms with E-state index < -0.39 is 0 Å². The number of likely N-dealkylation sites (N-methyl/N-ethyl adjacent to an activating group) is 1. The van der Waals surface area contributed by atoms with Crippen LogP contribution in [0.5, 0.6) is 0 Å². The first-order chi connectivity index (χ1) is 7.13. The normalized spacial score (nSPS) is 10.5. The van der Waals surface area contributed by atoms with Crippen molar-refractivity contribution in [3.8, 4) is 0 Å². The number of hydrogen-bond acceptors (Lipinski definition) is 3. The molecule has 0 radical (unpaired) electrons. The van der Waals surface area contributed by atoms with Gasteiger partial charge in [0, 0.05) is 32.8 Å². The Morgan fingerprint density at radius 2 is 2.07 bits per heavy atom. The molecule has 0 aliphatic heterocycles. The topological polar surface area (TPSA) is 53.6 Å². The molecule has 0 aromatic heterocycles. The minimum Gasteiger partial charge on any atom is -0.383 e. The average Bonchev–Trinajstić information content (AvgIpc) is 2.18. The quantitative estimate of drug-likeness (QED) is 0.602. The first-order valence-corrected chi connectivity index (χ1v) is 5.31. The van der Waals surface area contributed by atoms with E-state index in [1.54, 1.807) is 12.0 Å². The fraction of sp³-hybridized carbons (Fsp3) is 0.900. The van der Waals surface area contributed by atoms with Gasteiger partial charge in [0.1, 0.15) is 0 Å². The van der Waals surface area contributed by atoms with Crippen molar-refractivity contribution in [2.75, 3.05) is 40.4 Å². The summed E-state index contributed by atoms with van der Waals surface area (Å²) in [7, 11) is 3.49. The second-order valence-corrected chi connectivity index (χ2v) is 3.62. The Morgan fingerprint density at radius 1 is 1.40 bits per heavy atom. The van der Waals surface area contributed by atoms with E-state index in [0.717, 1.165) is 6.54 Å². The molecule has 0 bridgehead atoms. The summed E-state index contributed by atoms with van der Waals surface area (Å²) in [5.74, 6) is 0. The second-order valence-electron chi connectivity index (χ2n) is 3.62. The van der Waals surface area contributed by atoms with Gasteiger partial charge in [0.25, 0.3) is 0 Å². The smallest absolute Gasteiger partial charge is 0.317 e. The largest absolute Gasteiger partial charge is 0.383 e. The SMILES string of the molecule is CNCCN(C(=O)NCCOC)C(C)C. The van der Waals surface area contributed by atoms with E-state index in [1.807, 2.05) is 20.9 Å². The number of urea groups is 1. The monoisotopic (exact) mass is 217 g/mol. The van der Waals surface area contributed by atoms with Crippen LogP contribution >= 0.6 is 0 Å². The summed E-state index contributed by atoms with van der Waals surface area (Å²) in [5, 5.41) is 5.84. The zero-order chi connectivity index (χ0) is 11.7. The fourth-order valence-electron chi connectivity index (χ4n) is 1.19. The summed E-state index contributed by atoms with van der Waals surface area (Å²) in [5.41, 5.74) is 0. The lowest BCUT2D eigenvalue weighted by atomic mass is 10.3. The van der Waals surface area contributed by atoms with Gasteiger partial charge in [-0.3, -0.25) is 0 Å². The van der Waals surface area contributed by atoms with E-state index in [0.29, 0.717) is 19.7 Å². The number of amides is 2. The molecule has 2 amide bonds. The first kappa shape index (κ1) is 14.2. The molecule has 5 nitrogen and oxygen atoms in total. The minimum atomic E-state index is -0.0303. The van der Waals surface area contributed by atoms with Crippen LogP contribution in [0.25, 0.3) is 0 Å². The zero-order valence-electron chi connectivity index (χ0n) is 10.2. The highest BCUT2D eigenvalue weighted by Crippen LogP contribution is 1.97. The molecule has 0 rings (SSSR count). The van der Waals surface area contributed by atoms with Gasteiger partial charge in [-0.25, -0.2) is 4.79 Å². The molecule has 0 saturated heterocycles. The molecule has 0 aromatic rings. The maximum absolute atomic E-state index is 11.7. The van der Waals surface area contributed by atoms with E-state index >= 15 is 0 Å². The van der Waals surface area contributed by atoms with Gasteiger partial charge in [0.15, 0.2) is 0 Å². The summed E-state index contributed by atoms with van der Waals surface area (Å²) < 4.78 is 4.87. The van der Waals surface area contributed by atoms with Gasteiger partial charge in [-0.1, -0.05) is 0 Å². The van der Waals surface area contributed by atoms with E-state index in [-0.39, 0.29) is 12.1 Å². The van der Waals surface area contributed by atoms with E-state index in [9.17, 15) is 4.79 Å². The maximum atomic E-state index is 11.7. The van der Waals surface area contributed by atoms with Gasteiger partial charge in [-0.05, 0) is 20.9 Å². The Balaban J connectivity index is 3.93. The van der Waals surface area contributed by atoms with Crippen LogP contribution in [0.15, 0.2) is 0 Å². The summed E-state index contributed by atoms with van der Waals surface area (Å²) in [4.78, 5) is 13.5. The van der Waals surface area contributed by atoms with Crippen molar-refractivity contribution < 1.29 is 9.53 Å². The summed E-state index contributed by atoms with van der Waals surface area (Å²) in [6.07, 6.45) is 0. The highest BCUT2D eigenvalue weighted by molar-refractivity contribution is 5.74. The minimum absolute atomic E-state index is 0.0303. The van der Waals surface area contributed by atoms with Crippen LogP contribution in [0.4, 0.5) is 4.79 Å². The third kappa shape index (κ3) is 6.30. The molecule has 0 unspecified atom stereocenters. The van der Waals surface area contributed by atoms with E-state index in [1.165, 1.54) is 0 Å². The van der Waals surface area contributed by atoms with E-state index in [4.69, 9.17) is 4.74 Å². The Hall–Kier alpha value is -0.810. The number of ether oxygens (including phenoxy) is 1. The number of hydrogen-bond donors (Lipinski definition) is 2. The molecule has 5 heteroatoms. The van der Waals surface area contributed by atoms with E-state index in [2.05, 4.69) is 10.6 Å². The molecule has 0 heterocycles. The van der Waals surface area contributed by atoms with Crippen LogP contribution in [-0.2, 0) is 4.74 Å². The highest BCUT2D eigenvalue weighted by Gasteiger charge is 2.15. The number of nitrogens with one attached hydrogen (secondary N) is 2. The predicted octanol–water partition coefficient (Wildman–Crippen LogP) is 0.272. The molecule has 0 aliphatic carbocycles. The van der Waals surface area contributed by atoms with Crippen LogP contribution in [-0.4, -0.2) is 57.4 Å². The molecule has 0 fully saturated rings. The maximum Gasteiger partial charge on any atom is 0.317 e. The van der Waals surface area contributed by atoms with Crippen LogP contribution in [0.2, 0.25) is 0 Å². The van der Waals surface area contributed by atoms with Gasteiger partial charge in [-0.2, -0.15) is 0 Å². The summed E-state index contributed by atoms with van der Waals surface area (Å²) >= 11 is 0. The van der Waals surface area contributed by atoms with Gasteiger partial charge in [-0.15, -0.1) is 0 Å². The number of rotatable bonds is 7. The zero-order valence-corrected chi connectivity index (χ0v) is 10.2. The number of methoxy groups -OCH3 is 1. The first-order valence-electron chi connectivity index (χ1n) is 5.31. The van der Waals surface area contributed by atoms with Gasteiger partial charge in [0.2, 0.25) is 0 Å². The van der Waals surface area contributed by atoms with Crippen molar-refractivity contribution in [2.45, 2.75) is 19.9 Å². The van der Waals surface area contributed by atoms with Gasteiger partial charge < -0.3 is 20.3 Å².